The van der Waals surface area contributed by atoms with Crippen molar-refractivity contribution in [2.45, 2.75) is 10.8 Å². The summed E-state index contributed by atoms with van der Waals surface area (Å²) in [6.45, 7) is 0. The molecule has 0 radical (unpaired) electrons. The van der Waals surface area contributed by atoms with Gasteiger partial charge in [-0.05, 0) is 12.1 Å². The van der Waals surface area contributed by atoms with Gasteiger partial charge in [-0.3, -0.25) is 15.1 Å². The number of nitro groups is 1. The SMILES string of the molecule is O=[N+]([O-])c1ccccc1[C@H](Cl)[C@@H](Cl)c1ccccn1. The number of hydrogen-bond acceptors (Lipinski definition) is 3. The van der Waals surface area contributed by atoms with Gasteiger partial charge in [-0.1, -0.05) is 24.3 Å². The lowest BCUT2D eigenvalue weighted by Crippen LogP contribution is -2.05. The van der Waals surface area contributed by atoms with E-state index in [2.05, 4.69) is 4.98 Å². The van der Waals surface area contributed by atoms with Crippen molar-refractivity contribution in [1.29, 1.82) is 0 Å². The lowest BCUT2D eigenvalue weighted by atomic mass is 10.0. The van der Waals surface area contributed by atoms with Gasteiger partial charge in [0.25, 0.3) is 5.69 Å². The second kappa shape index (κ2) is 5.99. The molecule has 1 aromatic carbocycles. The first kappa shape index (κ1) is 13.8. The van der Waals surface area contributed by atoms with Gasteiger partial charge in [-0.25, -0.2) is 0 Å². The predicted octanol–water partition coefficient (Wildman–Crippen LogP) is 4.25. The molecule has 2 aromatic rings. The van der Waals surface area contributed by atoms with E-state index in [0.717, 1.165) is 0 Å². The highest BCUT2D eigenvalue weighted by Crippen LogP contribution is 2.41. The van der Waals surface area contributed by atoms with Crippen molar-refractivity contribution in [3.8, 4) is 0 Å². The molecule has 0 saturated carbocycles. The van der Waals surface area contributed by atoms with Crippen molar-refractivity contribution in [2.24, 2.45) is 0 Å². The minimum absolute atomic E-state index is 0.0379. The number of nitrogens with zero attached hydrogens (tertiary/aromatic N) is 2. The molecule has 0 fully saturated rings. The van der Waals surface area contributed by atoms with Gasteiger partial charge >= 0.3 is 0 Å². The third-order valence-corrected chi connectivity index (χ3v) is 3.75. The molecular weight excluding hydrogens is 287 g/mol. The second-order valence-electron chi connectivity index (χ2n) is 3.87. The molecule has 0 unspecified atom stereocenters. The van der Waals surface area contributed by atoms with E-state index in [9.17, 15) is 10.1 Å². The summed E-state index contributed by atoms with van der Waals surface area (Å²) < 4.78 is 0. The Morgan fingerprint density at radius 3 is 2.37 bits per heavy atom. The minimum Gasteiger partial charge on any atom is -0.260 e. The Morgan fingerprint density at radius 1 is 1.05 bits per heavy atom. The highest BCUT2D eigenvalue weighted by molar-refractivity contribution is 6.30. The summed E-state index contributed by atoms with van der Waals surface area (Å²) in [5.41, 5.74) is 0.936. The van der Waals surface area contributed by atoms with Gasteiger partial charge in [-0.2, -0.15) is 0 Å². The molecule has 1 aromatic heterocycles. The lowest BCUT2D eigenvalue weighted by Gasteiger charge is -2.15. The van der Waals surface area contributed by atoms with Gasteiger partial charge in [0.2, 0.25) is 0 Å². The third kappa shape index (κ3) is 3.03. The number of para-hydroxylation sites is 1. The molecule has 0 N–H and O–H groups in total. The van der Waals surface area contributed by atoms with Crippen molar-refractivity contribution < 1.29 is 4.92 Å². The van der Waals surface area contributed by atoms with Crippen molar-refractivity contribution >= 4 is 28.9 Å². The molecule has 6 heteroatoms. The number of aromatic nitrogens is 1. The van der Waals surface area contributed by atoms with Gasteiger partial charge in [-0.15, -0.1) is 23.2 Å². The second-order valence-corrected chi connectivity index (χ2v) is 4.81. The molecule has 0 amide bonds. The fourth-order valence-electron chi connectivity index (χ4n) is 1.73. The van der Waals surface area contributed by atoms with Crippen LogP contribution in [0.4, 0.5) is 5.69 Å². The first-order valence-electron chi connectivity index (χ1n) is 5.53. The van der Waals surface area contributed by atoms with E-state index in [0.29, 0.717) is 11.3 Å². The van der Waals surface area contributed by atoms with Crippen LogP contribution in [-0.2, 0) is 0 Å². The Bertz CT molecular complexity index is 578. The molecule has 0 bridgehead atoms. The van der Waals surface area contributed by atoms with E-state index in [1.807, 2.05) is 0 Å². The zero-order valence-corrected chi connectivity index (χ0v) is 11.3. The number of pyridine rings is 1. The number of benzene rings is 1. The van der Waals surface area contributed by atoms with Crippen LogP contribution in [-0.4, -0.2) is 9.91 Å². The zero-order valence-electron chi connectivity index (χ0n) is 9.74. The Kier molecular flexibility index (Phi) is 4.35. The van der Waals surface area contributed by atoms with Crippen LogP contribution in [0.25, 0.3) is 0 Å². The number of rotatable bonds is 4. The van der Waals surface area contributed by atoms with Gasteiger partial charge in [0.1, 0.15) is 0 Å². The first-order chi connectivity index (χ1) is 9.11. The van der Waals surface area contributed by atoms with Crippen LogP contribution in [0, 0.1) is 10.1 Å². The van der Waals surface area contributed by atoms with Crippen LogP contribution >= 0.6 is 23.2 Å². The molecule has 0 spiro atoms. The van der Waals surface area contributed by atoms with Gasteiger partial charge in [0.05, 0.1) is 21.4 Å². The summed E-state index contributed by atoms with van der Waals surface area (Å²) in [7, 11) is 0. The molecule has 0 aliphatic heterocycles. The van der Waals surface area contributed by atoms with Crippen LogP contribution in [0.5, 0.6) is 0 Å². The average Bonchev–Trinajstić information content (AvgIpc) is 2.46. The molecule has 19 heavy (non-hydrogen) atoms. The van der Waals surface area contributed by atoms with Gasteiger partial charge in [0.15, 0.2) is 0 Å². The van der Waals surface area contributed by atoms with Crippen LogP contribution in [0.1, 0.15) is 22.0 Å². The molecule has 0 aliphatic rings. The van der Waals surface area contributed by atoms with Crippen molar-refractivity contribution in [3.63, 3.8) is 0 Å². The largest absolute Gasteiger partial charge is 0.274 e. The molecule has 0 aliphatic carbocycles. The highest BCUT2D eigenvalue weighted by Gasteiger charge is 2.27. The maximum atomic E-state index is 11.0. The van der Waals surface area contributed by atoms with Crippen LogP contribution in [0.2, 0.25) is 0 Å². The molecule has 2 rings (SSSR count). The summed E-state index contributed by atoms with van der Waals surface area (Å²) in [5, 5.41) is 9.61. The Hall–Kier alpha value is -1.65. The van der Waals surface area contributed by atoms with Gasteiger partial charge in [0, 0.05) is 17.8 Å². The van der Waals surface area contributed by atoms with Crippen molar-refractivity contribution in [1.82, 2.24) is 4.98 Å². The normalized spacial score (nSPS) is 13.8. The quantitative estimate of drug-likeness (QED) is 0.481. The van der Waals surface area contributed by atoms with Crippen molar-refractivity contribution in [3.05, 3.63) is 70.0 Å². The fourth-order valence-corrected chi connectivity index (χ4v) is 2.31. The summed E-state index contributed by atoms with van der Waals surface area (Å²) in [5.74, 6) is 0. The van der Waals surface area contributed by atoms with Crippen LogP contribution in [0.3, 0.4) is 0 Å². The molecular formula is C13H10Cl2N2O2. The molecule has 2 atom stereocenters. The van der Waals surface area contributed by atoms with Crippen LogP contribution < -0.4 is 0 Å². The Morgan fingerprint density at radius 2 is 1.74 bits per heavy atom. The van der Waals surface area contributed by atoms with Crippen molar-refractivity contribution in [2.75, 3.05) is 0 Å². The molecule has 4 nitrogen and oxygen atoms in total. The van der Waals surface area contributed by atoms with E-state index < -0.39 is 15.7 Å². The van der Waals surface area contributed by atoms with Gasteiger partial charge < -0.3 is 0 Å². The zero-order chi connectivity index (χ0) is 13.8. The minimum atomic E-state index is -0.724. The summed E-state index contributed by atoms with van der Waals surface area (Å²) in [6, 6.07) is 11.6. The molecule has 1 heterocycles. The van der Waals surface area contributed by atoms with E-state index in [1.165, 1.54) is 6.07 Å². The lowest BCUT2D eigenvalue weighted by molar-refractivity contribution is -0.385. The first-order valence-corrected chi connectivity index (χ1v) is 6.41. The van der Waals surface area contributed by atoms with E-state index in [-0.39, 0.29) is 5.69 Å². The van der Waals surface area contributed by atoms with E-state index >= 15 is 0 Å². The summed E-state index contributed by atoms with van der Waals surface area (Å²) in [4.78, 5) is 14.6. The standard InChI is InChI=1S/C13H10Cl2N2O2/c14-12(13(15)10-6-3-4-8-16-10)9-5-1-2-7-11(9)17(18)19/h1-8,12-13H/t12-,13-/m0/s1. The smallest absolute Gasteiger partial charge is 0.260 e. The monoisotopic (exact) mass is 296 g/mol. The maximum absolute atomic E-state index is 11.0. The third-order valence-electron chi connectivity index (χ3n) is 2.66. The summed E-state index contributed by atoms with van der Waals surface area (Å²) in [6.07, 6.45) is 1.60. The number of hydrogen-bond donors (Lipinski definition) is 0. The fraction of sp³-hybridized carbons (Fsp3) is 0.154. The predicted molar refractivity (Wildman–Crippen MR) is 74.5 cm³/mol. The van der Waals surface area contributed by atoms with E-state index in [1.54, 1.807) is 42.6 Å². The maximum Gasteiger partial charge on any atom is 0.274 e. The topological polar surface area (TPSA) is 56.0 Å². The average molecular weight is 297 g/mol. The van der Waals surface area contributed by atoms with Crippen LogP contribution in [0.15, 0.2) is 48.7 Å². The molecule has 0 saturated heterocycles. The number of alkyl halides is 2. The Labute approximate surface area is 120 Å². The Balaban J connectivity index is 2.34. The molecule has 98 valence electrons. The highest BCUT2D eigenvalue weighted by atomic mass is 35.5. The van der Waals surface area contributed by atoms with E-state index in [4.69, 9.17) is 23.2 Å². The summed E-state index contributed by atoms with van der Waals surface area (Å²) >= 11 is 12.5. The number of halogens is 2. The number of nitro benzene ring substituents is 1.